The molecule has 142 valence electrons. The number of carbonyl (C=O) groups is 2. The summed E-state index contributed by atoms with van der Waals surface area (Å²) in [4.78, 5) is 25.5. The van der Waals surface area contributed by atoms with Gasteiger partial charge < -0.3 is 16.0 Å². The predicted molar refractivity (Wildman–Crippen MR) is 103 cm³/mol. The van der Waals surface area contributed by atoms with E-state index in [0.29, 0.717) is 24.5 Å². The van der Waals surface area contributed by atoms with Gasteiger partial charge in [-0.3, -0.25) is 4.90 Å². The van der Waals surface area contributed by atoms with E-state index in [1.807, 2.05) is 0 Å². The van der Waals surface area contributed by atoms with Crippen molar-refractivity contribution >= 4 is 33.3 Å². The molecule has 1 aliphatic heterocycles. The van der Waals surface area contributed by atoms with Gasteiger partial charge in [0.05, 0.1) is 10.6 Å². The van der Waals surface area contributed by atoms with E-state index in [-0.39, 0.29) is 23.2 Å². The van der Waals surface area contributed by atoms with E-state index in [1.54, 1.807) is 47.4 Å². The fourth-order valence-corrected chi connectivity index (χ4v) is 3.87. The quantitative estimate of drug-likeness (QED) is 0.701. The Hall–Kier alpha value is -3.07. The molecule has 27 heavy (non-hydrogen) atoms. The molecule has 0 spiro atoms. The van der Waals surface area contributed by atoms with Gasteiger partial charge in [-0.05, 0) is 30.3 Å². The maximum atomic E-state index is 12.2. The third kappa shape index (κ3) is 4.76. The number of hydrogen-bond acceptors (Lipinski definition) is 4. The first-order valence-corrected chi connectivity index (χ1v) is 10.1. The second-order valence-corrected chi connectivity index (χ2v) is 8.06. The Morgan fingerprint density at radius 2 is 1.89 bits per heavy atom. The summed E-state index contributed by atoms with van der Waals surface area (Å²) >= 11 is 0. The van der Waals surface area contributed by atoms with Crippen LogP contribution in [0.1, 0.15) is 0 Å². The van der Waals surface area contributed by atoms with Gasteiger partial charge in [0.1, 0.15) is 0 Å². The monoisotopic (exact) mass is 388 g/mol. The number of carbonyl (C=O) groups excluding carboxylic acids is 2. The molecule has 8 nitrogen and oxygen atoms in total. The molecule has 2 aromatic rings. The summed E-state index contributed by atoms with van der Waals surface area (Å²) in [7, 11) is -3.45. The van der Waals surface area contributed by atoms with Crippen molar-refractivity contribution in [1.82, 2.24) is 10.6 Å². The second kappa shape index (κ2) is 8.09. The standard InChI is InChI=1S/C18H20N4O4S/c23-17(19-10-12-27(25,26)16-7-2-1-3-8-16)21-14-5-4-6-15(13-14)22-11-9-20-18(22)24/h1-8,13H,9-12H2,(H,20,24)(H2,19,21,23). The van der Waals surface area contributed by atoms with Crippen LogP contribution >= 0.6 is 0 Å². The minimum absolute atomic E-state index is 0.0166. The molecule has 3 rings (SSSR count). The van der Waals surface area contributed by atoms with Crippen molar-refractivity contribution in [2.45, 2.75) is 4.90 Å². The number of nitrogens with one attached hydrogen (secondary N) is 3. The van der Waals surface area contributed by atoms with Crippen molar-refractivity contribution in [3.8, 4) is 0 Å². The molecule has 1 aliphatic rings. The fourth-order valence-electron chi connectivity index (χ4n) is 2.69. The van der Waals surface area contributed by atoms with E-state index in [9.17, 15) is 18.0 Å². The minimum atomic E-state index is -3.45. The highest BCUT2D eigenvalue weighted by Crippen LogP contribution is 2.20. The molecule has 0 saturated carbocycles. The van der Waals surface area contributed by atoms with Gasteiger partial charge in [0, 0.05) is 31.0 Å². The summed E-state index contributed by atoms with van der Waals surface area (Å²) < 4.78 is 24.4. The van der Waals surface area contributed by atoms with Gasteiger partial charge in [-0.15, -0.1) is 0 Å². The van der Waals surface area contributed by atoms with Crippen LogP contribution in [0.25, 0.3) is 0 Å². The van der Waals surface area contributed by atoms with Crippen LogP contribution in [0.4, 0.5) is 21.0 Å². The number of urea groups is 2. The molecule has 0 unspecified atom stereocenters. The highest BCUT2D eigenvalue weighted by Gasteiger charge is 2.21. The molecular weight excluding hydrogens is 368 g/mol. The first-order chi connectivity index (χ1) is 13.0. The summed E-state index contributed by atoms with van der Waals surface area (Å²) in [5, 5.41) is 7.89. The Bertz CT molecular complexity index is 931. The number of amides is 4. The SMILES string of the molecule is O=C(NCCS(=O)(=O)c1ccccc1)Nc1cccc(N2CCNC2=O)c1. The van der Waals surface area contributed by atoms with Crippen LogP contribution in [0.2, 0.25) is 0 Å². The number of rotatable bonds is 6. The summed E-state index contributed by atoms with van der Waals surface area (Å²) in [6.45, 7) is 1.12. The lowest BCUT2D eigenvalue weighted by Crippen LogP contribution is -2.33. The van der Waals surface area contributed by atoms with Crippen LogP contribution in [0, 0.1) is 0 Å². The molecular formula is C18H20N4O4S. The predicted octanol–water partition coefficient (Wildman–Crippen LogP) is 1.81. The third-order valence-corrected chi connectivity index (χ3v) is 5.76. The van der Waals surface area contributed by atoms with Crippen LogP contribution in [0.15, 0.2) is 59.5 Å². The zero-order valence-corrected chi connectivity index (χ0v) is 15.3. The van der Waals surface area contributed by atoms with Crippen molar-refractivity contribution in [1.29, 1.82) is 0 Å². The molecule has 4 amide bonds. The van der Waals surface area contributed by atoms with Crippen molar-refractivity contribution in [2.75, 3.05) is 35.6 Å². The van der Waals surface area contributed by atoms with Crippen molar-refractivity contribution in [3.63, 3.8) is 0 Å². The number of sulfone groups is 1. The van der Waals surface area contributed by atoms with Gasteiger partial charge in [0.2, 0.25) is 0 Å². The van der Waals surface area contributed by atoms with E-state index in [0.717, 1.165) is 0 Å². The Kier molecular flexibility index (Phi) is 5.60. The molecule has 1 fully saturated rings. The molecule has 9 heteroatoms. The van der Waals surface area contributed by atoms with Gasteiger partial charge in [-0.2, -0.15) is 0 Å². The van der Waals surface area contributed by atoms with Crippen molar-refractivity contribution < 1.29 is 18.0 Å². The van der Waals surface area contributed by atoms with Crippen LogP contribution in [-0.2, 0) is 9.84 Å². The summed E-state index contributed by atoms with van der Waals surface area (Å²) in [5.74, 6) is -0.196. The van der Waals surface area contributed by atoms with Gasteiger partial charge >= 0.3 is 12.1 Å². The van der Waals surface area contributed by atoms with Gasteiger partial charge in [0.25, 0.3) is 0 Å². The molecule has 1 heterocycles. The Morgan fingerprint density at radius 1 is 1.11 bits per heavy atom. The topological polar surface area (TPSA) is 108 Å². The second-order valence-electron chi connectivity index (χ2n) is 5.95. The number of benzene rings is 2. The van der Waals surface area contributed by atoms with Crippen LogP contribution in [0.3, 0.4) is 0 Å². The van der Waals surface area contributed by atoms with Gasteiger partial charge in [0.15, 0.2) is 9.84 Å². The molecule has 2 aromatic carbocycles. The molecule has 0 aromatic heterocycles. The largest absolute Gasteiger partial charge is 0.337 e. The van der Waals surface area contributed by atoms with Gasteiger partial charge in [-0.1, -0.05) is 24.3 Å². The van der Waals surface area contributed by atoms with Crippen molar-refractivity contribution in [2.24, 2.45) is 0 Å². The lowest BCUT2D eigenvalue weighted by molar-refractivity contribution is 0.251. The normalized spacial score (nSPS) is 13.9. The van der Waals surface area contributed by atoms with Gasteiger partial charge in [-0.25, -0.2) is 18.0 Å². The Labute approximate surface area is 157 Å². The smallest absolute Gasteiger partial charge is 0.321 e. The Balaban J connectivity index is 1.53. The highest BCUT2D eigenvalue weighted by atomic mass is 32.2. The molecule has 0 radical (unpaired) electrons. The lowest BCUT2D eigenvalue weighted by atomic mass is 10.2. The average molecular weight is 388 g/mol. The van der Waals surface area contributed by atoms with Crippen LogP contribution in [-0.4, -0.2) is 45.9 Å². The van der Waals surface area contributed by atoms with Crippen LogP contribution < -0.4 is 20.9 Å². The first-order valence-electron chi connectivity index (χ1n) is 8.44. The maximum absolute atomic E-state index is 12.2. The zero-order valence-electron chi connectivity index (χ0n) is 14.5. The zero-order chi connectivity index (χ0) is 19.3. The fraction of sp³-hybridized carbons (Fsp3) is 0.222. The first kappa shape index (κ1) is 18.7. The van der Waals surface area contributed by atoms with Crippen LogP contribution in [0.5, 0.6) is 0 Å². The average Bonchev–Trinajstić information content (AvgIpc) is 3.08. The molecule has 0 aliphatic carbocycles. The number of nitrogens with zero attached hydrogens (tertiary/aromatic N) is 1. The Morgan fingerprint density at radius 3 is 2.59 bits per heavy atom. The van der Waals surface area contributed by atoms with E-state index in [1.165, 1.54) is 12.1 Å². The van der Waals surface area contributed by atoms with E-state index < -0.39 is 15.9 Å². The molecule has 0 bridgehead atoms. The minimum Gasteiger partial charge on any atom is -0.337 e. The molecule has 3 N–H and O–H groups in total. The summed E-state index contributed by atoms with van der Waals surface area (Å²) in [6.07, 6.45) is 0. The van der Waals surface area contributed by atoms with Crippen molar-refractivity contribution in [3.05, 3.63) is 54.6 Å². The summed E-state index contributed by atoms with van der Waals surface area (Å²) in [6, 6.07) is 14.3. The lowest BCUT2D eigenvalue weighted by Gasteiger charge is -2.15. The van der Waals surface area contributed by atoms with E-state index in [2.05, 4.69) is 16.0 Å². The van der Waals surface area contributed by atoms with E-state index >= 15 is 0 Å². The third-order valence-electron chi connectivity index (χ3n) is 4.03. The van der Waals surface area contributed by atoms with E-state index in [4.69, 9.17) is 0 Å². The summed E-state index contributed by atoms with van der Waals surface area (Å²) in [5.41, 5.74) is 1.19. The molecule has 1 saturated heterocycles. The molecule has 0 atom stereocenters. The number of hydrogen-bond donors (Lipinski definition) is 3. The maximum Gasteiger partial charge on any atom is 0.321 e. The number of anilines is 2. The highest BCUT2D eigenvalue weighted by molar-refractivity contribution is 7.91.